The van der Waals surface area contributed by atoms with Crippen molar-refractivity contribution in [3.63, 3.8) is 0 Å². The Labute approximate surface area is 209 Å². The molecule has 1 N–H and O–H groups in total. The minimum Gasteiger partial charge on any atom is -0.296 e. The number of carbonyl (C=O) groups excluding carboxylic acids is 1. The monoisotopic (exact) mass is 506 g/mol. The highest BCUT2D eigenvalue weighted by Crippen LogP contribution is 2.31. The Bertz CT molecular complexity index is 1560. The van der Waals surface area contributed by atoms with Crippen LogP contribution >= 0.6 is 22.9 Å². The van der Waals surface area contributed by atoms with E-state index in [0.717, 1.165) is 22.5 Å². The standard InChI is InChI=1S/C25H20ClFN6OS/c1-13(2)33-22-19(12-28-33)18(11-21(29-22)15-6-4-14(3)5-7-15)23(34)30-25-32-31-24(35-25)17-9-8-16(26)10-20(17)27/h4-13H,1-3H3,(H,30,32,34). The molecule has 35 heavy (non-hydrogen) atoms. The summed E-state index contributed by atoms with van der Waals surface area (Å²) in [7, 11) is 0. The van der Waals surface area contributed by atoms with Crippen molar-refractivity contribution in [2.45, 2.75) is 26.8 Å². The fourth-order valence-electron chi connectivity index (χ4n) is 3.67. The van der Waals surface area contributed by atoms with Crippen LogP contribution in [0.4, 0.5) is 9.52 Å². The topological polar surface area (TPSA) is 85.6 Å². The number of halogens is 2. The lowest BCUT2D eigenvalue weighted by atomic mass is 10.1. The molecule has 0 aliphatic rings. The molecule has 0 radical (unpaired) electrons. The summed E-state index contributed by atoms with van der Waals surface area (Å²) in [5.41, 5.74) is 3.96. The molecule has 0 atom stereocenters. The molecule has 2 aromatic carbocycles. The second kappa shape index (κ2) is 9.16. The Kier molecular flexibility index (Phi) is 6.04. The number of aryl methyl sites for hydroxylation is 1. The quantitative estimate of drug-likeness (QED) is 0.292. The van der Waals surface area contributed by atoms with Gasteiger partial charge in [-0.15, -0.1) is 10.2 Å². The van der Waals surface area contributed by atoms with Crippen LogP contribution in [0.15, 0.2) is 54.7 Å². The van der Waals surface area contributed by atoms with Gasteiger partial charge in [0, 0.05) is 22.2 Å². The molecule has 1 amide bonds. The van der Waals surface area contributed by atoms with Crippen LogP contribution in [0.25, 0.3) is 32.9 Å². The van der Waals surface area contributed by atoms with Crippen LogP contribution in [-0.4, -0.2) is 30.9 Å². The average molecular weight is 507 g/mol. The minimum atomic E-state index is -0.508. The normalized spacial score (nSPS) is 11.4. The van der Waals surface area contributed by atoms with Gasteiger partial charge in [-0.25, -0.2) is 14.1 Å². The zero-order chi connectivity index (χ0) is 24.7. The maximum absolute atomic E-state index is 14.3. The number of hydrogen-bond acceptors (Lipinski definition) is 6. The molecule has 3 heterocycles. The summed E-state index contributed by atoms with van der Waals surface area (Å²) in [6.45, 7) is 6.02. The molecule has 0 aliphatic heterocycles. The molecule has 5 rings (SSSR count). The van der Waals surface area contributed by atoms with Gasteiger partial charge in [0.25, 0.3) is 5.91 Å². The number of rotatable bonds is 5. The molecule has 0 fully saturated rings. The smallest absolute Gasteiger partial charge is 0.258 e. The van der Waals surface area contributed by atoms with Gasteiger partial charge in [-0.2, -0.15) is 5.10 Å². The van der Waals surface area contributed by atoms with Crippen LogP contribution in [0, 0.1) is 12.7 Å². The fraction of sp³-hybridized carbons (Fsp3) is 0.160. The molecule has 0 aliphatic carbocycles. The molecule has 5 aromatic rings. The minimum absolute atomic E-state index is 0.0594. The van der Waals surface area contributed by atoms with E-state index in [-0.39, 0.29) is 27.7 Å². The van der Waals surface area contributed by atoms with Crippen molar-refractivity contribution >= 4 is 45.0 Å². The molecule has 176 valence electrons. The van der Waals surface area contributed by atoms with Crippen molar-refractivity contribution in [1.29, 1.82) is 0 Å². The van der Waals surface area contributed by atoms with Crippen molar-refractivity contribution in [2.75, 3.05) is 5.32 Å². The molecule has 0 saturated carbocycles. The number of benzene rings is 2. The number of pyridine rings is 1. The van der Waals surface area contributed by atoms with E-state index in [1.54, 1.807) is 23.0 Å². The maximum Gasteiger partial charge on any atom is 0.258 e. The van der Waals surface area contributed by atoms with Gasteiger partial charge in [-0.1, -0.05) is 52.8 Å². The van der Waals surface area contributed by atoms with E-state index >= 15 is 0 Å². The largest absolute Gasteiger partial charge is 0.296 e. The first-order chi connectivity index (χ1) is 16.8. The van der Waals surface area contributed by atoms with Crippen LogP contribution in [-0.2, 0) is 0 Å². The number of nitrogens with zero attached hydrogens (tertiary/aromatic N) is 5. The van der Waals surface area contributed by atoms with Crippen LogP contribution in [0.1, 0.15) is 35.8 Å². The number of nitrogens with one attached hydrogen (secondary N) is 1. The summed E-state index contributed by atoms with van der Waals surface area (Å²) in [6, 6.07) is 14.1. The van der Waals surface area contributed by atoms with Gasteiger partial charge in [-0.3, -0.25) is 10.1 Å². The Morgan fingerprint density at radius 2 is 1.89 bits per heavy atom. The molecule has 0 saturated heterocycles. The van der Waals surface area contributed by atoms with Crippen LogP contribution in [0.3, 0.4) is 0 Å². The molecule has 10 heteroatoms. The van der Waals surface area contributed by atoms with Crippen molar-refractivity contribution in [2.24, 2.45) is 0 Å². The number of fused-ring (bicyclic) bond motifs is 1. The molecule has 0 bridgehead atoms. The van der Waals surface area contributed by atoms with Crippen molar-refractivity contribution in [3.05, 3.63) is 76.7 Å². The van der Waals surface area contributed by atoms with Gasteiger partial charge in [-0.05, 0) is 45.0 Å². The number of amides is 1. The van der Waals surface area contributed by atoms with Crippen molar-refractivity contribution in [3.8, 4) is 21.8 Å². The molecule has 3 aromatic heterocycles. The van der Waals surface area contributed by atoms with E-state index in [9.17, 15) is 9.18 Å². The third kappa shape index (κ3) is 4.52. The third-order valence-electron chi connectivity index (χ3n) is 5.45. The highest BCUT2D eigenvalue weighted by atomic mass is 35.5. The Balaban J connectivity index is 1.53. The molecule has 0 unspecified atom stereocenters. The summed E-state index contributed by atoms with van der Waals surface area (Å²) >= 11 is 6.91. The van der Waals surface area contributed by atoms with Crippen molar-refractivity contribution < 1.29 is 9.18 Å². The summed E-state index contributed by atoms with van der Waals surface area (Å²) in [5, 5.41) is 16.8. The summed E-state index contributed by atoms with van der Waals surface area (Å²) in [4.78, 5) is 18.2. The number of aromatic nitrogens is 5. The van der Waals surface area contributed by atoms with E-state index in [2.05, 4.69) is 20.6 Å². The molecule has 7 nitrogen and oxygen atoms in total. The van der Waals surface area contributed by atoms with Crippen LogP contribution < -0.4 is 5.32 Å². The second-order valence-electron chi connectivity index (χ2n) is 8.33. The summed E-state index contributed by atoms with van der Waals surface area (Å²) in [6.07, 6.45) is 1.64. The highest BCUT2D eigenvalue weighted by Gasteiger charge is 2.20. The zero-order valence-electron chi connectivity index (χ0n) is 19.1. The van der Waals surface area contributed by atoms with Gasteiger partial charge in [0.1, 0.15) is 5.82 Å². The first-order valence-corrected chi connectivity index (χ1v) is 12.0. The number of anilines is 1. The zero-order valence-corrected chi connectivity index (χ0v) is 20.7. The second-order valence-corrected chi connectivity index (χ2v) is 9.75. The van der Waals surface area contributed by atoms with E-state index in [1.807, 2.05) is 45.0 Å². The van der Waals surface area contributed by atoms with E-state index in [4.69, 9.17) is 16.6 Å². The van der Waals surface area contributed by atoms with E-state index in [0.29, 0.717) is 27.3 Å². The first kappa shape index (κ1) is 23.1. The van der Waals surface area contributed by atoms with Gasteiger partial charge in [0.05, 0.1) is 22.8 Å². The lowest BCUT2D eigenvalue weighted by Crippen LogP contribution is -2.13. The lowest BCUT2D eigenvalue weighted by Gasteiger charge is -2.10. The Morgan fingerprint density at radius 3 is 2.60 bits per heavy atom. The summed E-state index contributed by atoms with van der Waals surface area (Å²) in [5.74, 6) is -0.889. The van der Waals surface area contributed by atoms with Gasteiger partial charge in [0.2, 0.25) is 5.13 Å². The van der Waals surface area contributed by atoms with Gasteiger partial charge < -0.3 is 0 Å². The van der Waals surface area contributed by atoms with Crippen LogP contribution in [0.2, 0.25) is 5.02 Å². The number of hydrogen-bond donors (Lipinski definition) is 1. The maximum atomic E-state index is 14.3. The van der Waals surface area contributed by atoms with Gasteiger partial charge in [0.15, 0.2) is 10.7 Å². The lowest BCUT2D eigenvalue weighted by molar-refractivity contribution is 0.102. The highest BCUT2D eigenvalue weighted by molar-refractivity contribution is 7.18. The fourth-order valence-corrected chi connectivity index (χ4v) is 4.59. The van der Waals surface area contributed by atoms with Crippen LogP contribution in [0.5, 0.6) is 0 Å². The SMILES string of the molecule is Cc1ccc(-c2cc(C(=O)Nc3nnc(-c4ccc(Cl)cc4F)s3)c3cnn(C(C)C)c3n2)cc1. The number of carbonyl (C=O) groups is 1. The predicted molar refractivity (Wildman–Crippen MR) is 136 cm³/mol. The molecular formula is C25H20ClFN6OS. The Morgan fingerprint density at radius 1 is 1.11 bits per heavy atom. The van der Waals surface area contributed by atoms with E-state index < -0.39 is 5.82 Å². The Hall–Kier alpha value is -3.69. The molecule has 0 spiro atoms. The third-order valence-corrected chi connectivity index (χ3v) is 6.56. The van der Waals surface area contributed by atoms with Crippen molar-refractivity contribution in [1.82, 2.24) is 25.0 Å². The predicted octanol–water partition coefficient (Wildman–Crippen LogP) is 6.55. The van der Waals surface area contributed by atoms with E-state index in [1.165, 1.54) is 12.1 Å². The average Bonchev–Trinajstić information content (AvgIpc) is 3.46. The first-order valence-electron chi connectivity index (χ1n) is 10.9. The van der Waals surface area contributed by atoms with Gasteiger partial charge >= 0.3 is 0 Å². The summed E-state index contributed by atoms with van der Waals surface area (Å²) < 4.78 is 16.1. The molecular weight excluding hydrogens is 487 g/mol.